The molecule has 1 saturated carbocycles. The van der Waals surface area contributed by atoms with Crippen molar-refractivity contribution in [2.45, 2.75) is 82.5 Å². The Morgan fingerprint density at radius 2 is 1.83 bits per heavy atom. The van der Waals surface area contributed by atoms with Gasteiger partial charge in [0, 0.05) is 19.1 Å². The van der Waals surface area contributed by atoms with Gasteiger partial charge in [0.15, 0.2) is 0 Å². The van der Waals surface area contributed by atoms with E-state index in [1.54, 1.807) is 19.1 Å². The van der Waals surface area contributed by atoms with Gasteiger partial charge in [-0.05, 0) is 92.2 Å². The third kappa shape index (κ3) is 5.13. The van der Waals surface area contributed by atoms with Gasteiger partial charge >= 0.3 is 12.1 Å². The summed E-state index contributed by atoms with van der Waals surface area (Å²) in [5.41, 5.74) is 2.65. The van der Waals surface area contributed by atoms with Crippen LogP contribution < -0.4 is 4.74 Å². The summed E-state index contributed by atoms with van der Waals surface area (Å²) < 4.78 is 48.1. The van der Waals surface area contributed by atoms with E-state index in [1.807, 2.05) is 25.1 Å². The van der Waals surface area contributed by atoms with Crippen molar-refractivity contribution in [1.82, 2.24) is 4.90 Å². The number of carbonyl (C=O) groups is 1. The minimum absolute atomic E-state index is 0.316. The van der Waals surface area contributed by atoms with Crippen molar-refractivity contribution in [1.29, 1.82) is 0 Å². The number of carboxylic acid groups (broad SMARTS) is 1. The Balaban J connectivity index is 1.29. The van der Waals surface area contributed by atoms with E-state index in [4.69, 9.17) is 4.74 Å². The Morgan fingerprint density at radius 1 is 1.11 bits per heavy atom. The lowest BCUT2D eigenvalue weighted by Crippen LogP contribution is -2.50. The minimum atomic E-state index is -4.37. The summed E-state index contributed by atoms with van der Waals surface area (Å²) in [6.45, 7) is 4.95. The number of benzene rings is 2. The van der Waals surface area contributed by atoms with Gasteiger partial charge < -0.3 is 9.84 Å². The molecule has 2 aromatic carbocycles. The van der Waals surface area contributed by atoms with Crippen LogP contribution in [0.5, 0.6) is 5.75 Å². The first kappa shape index (κ1) is 25.1. The molecule has 2 aromatic rings. The highest BCUT2D eigenvalue weighted by atomic mass is 19.4. The average Bonchev–Trinajstić information content (AvgIpc) is 3.68. The number of aliphatic carboxylic acids is 1. The number of hydrogen-bond acceptors (Lipinski definition) is 3. The summed E-state index contributed by atoms with van der Waals surface area (Å²) in [5.74, 6) is -0.0513. The number of piperidine rings is 1. The lowest BCUT2D eigenvalue weighted by molar-refractivity contribution is -0.141. The van der Waals surface area contributed by atoms with Gasteiger partial charge in [-0.15, -0.1) is 0 Å². The van der Waals surface area contributed by atoms with Gasteiger partial charge in [-0.25, -0.2) is 0 Å². The van der Waals surface area contributed by atoms with E-state index in [0.29, 0.717) is 31.0 Å². The Labute approximate surface area is 210 Å². The largest absolute Gasteiger partial charge is 0.487 e. The molecular weight excluding hydrogens is 467 g/mol. The Morgan fingerprint density at radius 3 is 2.47 bits per heavy atom. The van der Waals surface area contributed by atoms with Crippen LogP contribution >= 0.6 is 0 Å². The van der Waals surface area contributed by atoms with Gasteiger partial charge in [0.25, 0.3) is 0 Å². The SMILES string of the molecule is CC(Cc1ccc2c(c1)OC1(CC2)CCN(C(C)c2cc(C3CC3)ccc2C(F)(F)F)CC1)C(=O)O. The van der Waals surface area contributed by atoms with Crippen LogP contribution in [0.15, 0.2) is 36.4 Å². The Hall–Kier alpha value is -2.54. The number of hydrogen-bond donors (Lipinski definition) is 1. The maximum absolute atomic E-state index is 13.8. The molecular formula is C29H34F3NO3. The number of rotatable bonds is 6. The van der Waals surface area contributed by atoms with Crippen molar-refractivity contribution >= 4 is 5.97 Å². The predicted octanol–water partition coefficient (Wildman–Crippen LogP) is 6.77. The molecule has 0 aromatic heterocycles. The highest BCUT2D eigenvalue weighted by molar-refractivity contribution is 5.70. The summed E-state index contributed by atoms with van der Waals surface area (Å²) in [7, 11) is 0. The first-order chi connectivity index (χ1) is 17.0. The molecule has 2 atom stereocenters. The maximum Gasteiger partial charge on any atom is 0.416 e. The predicted molar refractivity (Wildman–Crippen MR) is 131 cm³/mol. The normalized spacial score (nSPS) is 21.5. The van der Waals surface area contributed by atoms with Crippen LogP contribution in [0, 0.1) is 5.92 Å². The van der Waals surface area contributed by atoms with Crippen molar-refractivity contribution in [2.75, 3.05) is 13.1 Å². The third-order valence-electron chi connectivity index (χ3n) is 8.41. The fraction of sp³-hybridized carbons (Fsp3) is 0.552. The van der Waals surface area contributed by atoms with E-state index >= 15 is 0 Å². The van der Waals surface area contributed by atoms with Crippen molar-refractivity contribution in [3.05, 3.63) is 64.2 Å². The number of alkyl halides is 3. The van der Waals surface area contributed by atoms with E-state index in [-0.39, 0.29) is 11.6 Å². The monoisotopic (exact) mass is 501 g/mol. The van der Waals surface area contributed by atoms with Crippen molar-refractivity contribution in [3.8, 4) is 5.75 Å². The number of nitrogens with zero attached hydrogens (tertiary/aromatic N) is 1. The summed E-state index contributed by atoms with van der Waals surface area (Å²) in [6, 6.07) is 10.4. The van der Waals surface area contributed by atoms with Gasteiger partial charge in [-0.3, -0.25) is 9.69 Å². The Kier molecular flexibility index (Phi) is 6.56. The van der Waals surface area contributed by atoms with Crippen LogP contribution in [0.4, 0.5) is 13.2 Å². The molecule has 7 heteroatoms. The van der Waals surface area contributed by atoms with E-state index in [9.17, 15) is 23.1 Å². The van der Waals surface area contributed by atoms with E-state index in [1.165, 1.54) is 6.07 Å². The topological polar surface area (TPSA) is 49.8 Å². The number of fused-ring (bicyclic) bond motifs is 1. The maximum atomic E-state index is 13.8. The smallest absolute Gasteiger partial charge is 0.416 e. The zero-order valence-corrected chi connectivity index (χ0v) is 20.9. The van der Waals surface area contributed by atoms with E-state index in [0.717, 1.165) is 61.0 Å². The highest BCUT2D eigenvalue weighted by Crippen LogP contribution is 2.45. The van der Waals surface area contributed by atoms with Crippen LogP contribution in [0.1, 0.15) is 85.7 Å². The van der Waals surface area contributed by atoms with Crippen LogP contribution in [-0.2, 0) is 23.8 Å². The van der Waals surface area contributed by atoms with Crippen molar-refractivity contribution < 1.29 is 27.8 Å². The molecule has 0 radical (unpaired) electrons. The second kappa shape index (κ2) is 9.40. The average molecular weight is 502 g/mol. The molecule has 1 aliphatic carbocycles. The molecule has 2 aliphatic heterocycles. The van der Waals surface area contributed by atoms with Gasteiger partial charge in [-0.1, -0.05) is 31.2 Å². The Bertz CT molecular complexity index is 1130. The number of halogens is 3. The zero-order chi connectivity index (χ0) is 25.7. The molecule has 1 saturated heterocycles. The van der Waals surface area contributed by atoms with E-state index in [2.05, 4.69) is 4.90 Å². The van der Waals surface area contributed by atoms with Crippen molar-refractivity contribution in [2.24, 2.45) is 5.92 Å². The quantitative estimate of drug-likeness (QED) is 0.475. The second-order valence-corrected chi connectivity index (χ2v) is 11.0. The third-order valence-corrected chi connectivity index (χ3v) is 8.41. The summed E-state index contributed by atoms with van der Waals surface area (Å²) in [4.78, 5) is 13.4. The van der Waals surface area contributed by atoms with Crippen LogP contribution in [0.3, 0.4) is 0 Å². The first-order valence-corrected chi connectivity index (χ1v) is 13.0. The molecule has 36 heavy (non-hydrogen) atoms. The number of carboxylic acids is 1. The molecule has 0 bridgehead atoms. The van der Waals surface area contributed by atoms with Gasteiger partial charge in [0.2, 0.25) is 0 Å². The second-order valence-electron chi connectivity index (χ2n) is 11.0. The first-order valence-electron chi connectivity index (χ1n) is 13.0. The van der Waals surface area contributed by atoms with E-state index < -0.39 is 23.6 Å². The molecule has 2 unspecified atom stereocenters. The standard InChI is InChI=1S/C29H34F3NO3/c1-18(27(34)35)15-20-3-4-22-9-10-28(36-26(22)16-20)11-13-33(14-12-28)19(2)24-17-23(21-5-6-21)7-8-25(24)29(30,31)32/h3-4,7-8,16-19,21H,5-6,9-15H2,1-2H3,(H,34,35). The van der Waals surface area contributed by atoms with Crippen LogP contribution in [0.2, 0.25) is 0 Å². The molecule has 1 spiro atoms. The zero-order valence-electron chi connectivity index (χ0n) is 20.9. The molecule has 1 N–H and O–H groups in total. The molecule has 2 heterocycles. The van der Waals surface area contributed by atoms with Gasteiger partial charge in [-0.2, -0.15) is 13.2 Å². The summed E-state index contributed by atoms with van der Waals surface area (Å²) in [6.07, 6.45) is 1.49. The summed E-state index contributed by atoms with van der Waals surface area (Å²) >= 11 is 0. The summed E-state index contributed by atoms with van der Waals surface area (Å²) in [5, 5.41) is 9.24. The van der Waals surface area contributed by atoms with Crippen molar-refractivity contribution in [3.63, 3.8) is 0 Å². The fourth-order valence-corrected chi connectivity index (χ4v) is 5.84. The van der Waals surface area contributed by atoms with Crippen LogP contribution in [0.25, 0.3) is 0 Å². The molecule has 5 rings (SSSR count). The number of likely N-dealkylation sites (tertiary alicyclic amines) is 1. The van der Waals surface area contributed by atoms with Crippen LogP contribution in [-0.4, -0.2) is 34.7 Å². The molecule has 0 amide bonds. The minimum Gasteiger partial charge on any atom is -0.487 e. The molecule has 3 aliphatic rings. The number of aryl methyl sites for hydroxylation is 1. The van der Waals surface area contributed by atoms with Gasteiger partial charge in [0.05, 0.1) is 11.5 Å². The fourth-order valence-electron chi connectivity index (χ4n) is 5.84. The molecule has 194 valence electrons. The number of ether oxygens (including phenoxy) is 1. The lowest BCUT2D eigenvalue weighted by Gasteiger charge is -2.46. The molecule has 4 nitrogen and oxygen atoms in total. The molecule has 2 fully saturated rings. The highest BCUT2D eigenvalue weighted by Gasteiger charge is 2.42. The van der Waals surface area contributed by atoms with Gasteiger partial charge in [0.1, 0.15) is 11.4 Å². The lowest BCUT2D eigenvalue weighted by atomic mass is 9.82.